The number of aromatic amines is 1. The second kappa shape index (κ2) is 5.56. The van der Waals surface area contributed by atoms with E-state index in [0.717, 1.165) is 5.56 Å². The van der Waals surface area contributed by atoms with Gasteiger partial charge >= 0.3 is 5.69 Å². The lowest BCUT2D eigenvalue weighted by Gasteiger charge is -2.07. The number of amides is 1. The van der Waals surface area contributed by atoms with Crippen molar-refractivity contribution in [1.29, 1.82) is 0 Å². The normalized spacial score (nSPS) is 10.3. The molecule has 0 fully saturated rings. The first kappa shape index (κ1) is 13.8. The first-order valence-corrected chi connectivity index (χ1v) is 6.12. The Morgan fingerprint density at radius 2 is 1.85 bits per heavy atom. The zero-order chi connectivity index (χ0) is 14.7. The Labute approximate surface area is 115 Å². The quantitative estimate of drug-likeness (QED) is 0.867. The van der Waals surface area contributed by atoms with Crippen LogP contribution in [-0.2, 0) is 11.3 Å². The molecule has 0 saturated heterocycles. The maximum atomic E-state index is 11.9. The first-order valence-electron chi connectivity index (χ1n) is 6.12. The lowest BCUT2D eigenvalue weighted by atomic mass is 10.2. The lowest BCUT2D eigenvalue weighted by Crippen LogP contribution is -2.34. The third kappa shape index (κ3) is 3.23. The fourth-order valence-corrected chi connectivity index (χ4v) is 1.73. The van der Waals surface area contributed by atoms with Gasteiger partial charge in [-0.05, 0) is 26.0 Å². The molecule has 0 spiro atoms. The maximum absolute atomic E-state index is 11.9. The minimum Gasteiger partial charge on any atom is -0.325 e. The highest BCUT2D eigenvalue weighted by Crippen LogP contribution is 2.08. The molecule has 0 radical (unpaired) electrons. The Morgan fingerprint density at radius 1 is 1.20 bits per heavy atom. The van der Waals surface area contributed by atoms with Crippen molar-refractivity contribution in [2.24, 2.45) is 0 Å². The van der Waals surface area contributed by atoms with Crippen LogP contribution in [0.3, 0.4) is 0 Å². The van der Waals surface area contributed by atoms with Crippen LogP contribution in [0, 0.1) is 13.8 Å². The van der Waals surface area contributed by atoms with Gasteiger partial charge < -0.3 is 5.32 Å². The molecule has 0 aliphatic heterocycles. The number of benzene rings is 1. The van der Waals surface area contributed by atoms with Gasteiger partial charge in [-0.2, -0.15) is 0 Å². The summed E-state index contributed by atoms with van der Waals surface area (Å²) in [5, 5.41) is 2.69. The Kier molecular flexibility index (Phi) is 3.84. The standard InChI is InChI=1S/C14H15N3O3/c1-9-3-5-11(6-4-9)15-12(18)8-17-7-10(2)13(19)16-14(17)20/h3-7H,8H2,1-2H3,(H,15,18)(H,16,19,20). The third-order valence-electron chi connectivity index (χ3n) is 2.84. The Morgan fingerprint density at radius 3 is 2.50 bits per heavy atom. The fourth-order valence-electron chi connectivity index (χ4n) is 1.73. The zero-order valence-corrected chi connectivity index (χ0v) is 11.3. The number of aromatic nitrogens is 2. The van der Waals surface area contributed by atoms with E-state index in [9.17, 15) is 14.4 Å². The summed E-state index contributed by atoms with van der Waals surface area (Å²) in [5.74, 6) is -0.331. The van der Waals surface area contributed by atoms with E-state index in [1.165, 1.54) is 10.8 Å². The summed E-state index contributed by atoms with van der Waals surface area (Å²) < 4.78 is 1.17. The van der Waals surface area contributed by atoms with E-state index in [0.29, 0.717) is 11.3 Å². The van der Waals surface area contributed by atoms with Crippen molar-refractivity contribution < 1.29 is 4.79 Å². The van der Waals surface area contributed by atoms with Gasteiger partial charge in [0.1, 0.15) is 6.54 Å². The molecule has 1 amide bonds. The van der Waals surface area contributed by atoms with Crippen molar-refractivity contribution in [2.45, 2.75) is 20.4 Å². The number of hydrogen-bond donors (Lipinski definition) is 2. The highest BCUT2D eigenvalue weighted by atomic mass is 16.2. The molecule has 2 rings (SSSR count). The molecule has 6 heteroatoms. The molecule has 1 heterocycles. The largest absolute Gasteiger partial charge is 0.328 e. The molecule has 0 unspecified atom stereocenters. The van der Waals surface area contributed by atoms with Crippen LogP contribution in [0.25, 0.3) is 0 Å². The Hall–Kier alpha value is -2.63. The Bertz CT molecular complexity index is 741. The molecule has 1 aromatic carbocycles. The van der Waals surface area contributed by atoms with Gasteiger partial charge in [-0.15, -0.1) is 0 Å². The van der Waals surface area contributed by atoms with Gasteiger partial charge in [-0.25, -0.2) is 4.79 Å². The minimum absolute atomic E-state index is 0.148. The molecule has 0 atom stereocenters. The molecule has 20 heavy (non-hydrogen) atoms. The van der Waals surface area contributed by atoms with E-state index in [1.54, 1.807) is 19.1 Å². The number of carbonyl (C=O) groups excluding carboxylic acids is 1. The van der Waals surface area contributed by atoms with E-state index in [4.69, 9.17) is 0 Å². The smallest absolute Gasteiger partial charge is 0.325 e. The summed E-state index contributed by atoms with van der Waals surface area (Å²) >= 11 is 0. The van der Waals surface area contributed by atoms with Crippen LogP contribution in [0.5, 0.6) is 0 Å². The average molecular weight is 273 g/mol. The summed E-state index contributed by atoms with van der Waals surface area (Å²) in [5.41, 5.74) is 1.10. The maximum Gasteiger partial charge on any atom is 0.328 e. The van der Waals surface area contributed by atoms with Gasteiger partial charge in [0, 0.05) is 17.4 Å². The fraction of sp³-hybridized carbons (Fsp3) is 0.214. The number of aryl methyl sites for hydroxylation is 2. The molecular weight excluding hydrogens is 258 g/mol. The second-order valence-corrected chi connectivity index (χ2v) is 4.61. The SMILES string of the molecule is Cc1ccc(NC(=O)Cn2cc(C)c(=O)[nH]c2=O)cc1. The highest BCUT2D eigenvalue weighted by Gasteiger charge is 2.07. The number of carbonyl (C=O) groups is 1. The minimum atomic E-state index is -0.598. The number of nitrogens with one attached hydrogen (secondary N) is 2. The van der Waals surface area contributed by atoms with Crippen LogP contribution in [0.15, 0.2) is 40.1 Å². The van der Waals surface area contributed by atoms with Gasteiger partial charge in [-0.3, -0.25) is 19.1 Å². The van der Waals surface area contributed by atoms with Crippen molar-refractivity contribution >= 4 is 11.6 Å². The van der Waals surface area contributed by atoms with E-state index in [-0.39, 0.29) is 12.5 Å². The van der Waals surface area contributed by atoms with Crippen LogP contribution in [0.1, 0.15) is 11.1 Å². The van der Waals surface area contributed by atoms with Crippen LogP contribution >= 0.6 is 0 Å². The van der Waals surface area contributed by atoms with Gasteiger partial charge in [0.15, 0.2) is 0 Å². The lowest BCUT2D eigenvalue weighted by molar-refractivity contribution is -0.116. The van der Waals surface area contributed by atoms with Crippen molar-refractivity contribution in [1.82, 2.24) is 9.55 Å². The summed E-state index contributed by atoms with van der Waals surface area (Å²) in [4.78, 5) is 36.8. The average Bonchev–Trinajstić information content (AvgIpc) is 2.39. The predicted octanol–water partition coefficient (Wildman–Crippen LogP) is 0.792. The Balaban J connectivity index is 2.12. The second-order valence-electron chi connectivity index (χ2n) is 4.61. The van der Waals surface area contributed by atoms with Crippen LogP contribution in [0.2, 0.25) is 0 Å². The molecule has 2 aromatic rings. The molecule has 0 aliphatic rings. The molecule has 104 valence electrons. The number of H-pyrrole nitrogens is 1. The van der Waals surface area contributed by atoms with E-state index in [1.807, 2.05) is 19.1 Å². The summed E-state index contributed by atoms with van der Waals surface area (Å²) in [6.07, 6.45) is 1.37. The van der Waals surface area contributed by atoms with Gasteiger partial charge in [0.2, 0.25) is 5.91 Å². The third-order valence-corrected chi connectivity index (χ3v) is 2.84. The molecule has 0 bridgehead atoms. The van der Waals surface area contributed by atoms with Crippen molar-refractivity contribution in [3.63, 3.8) is 0 Å². The van der Waals surface area contributed by atoms with Gasteiger partial charge in [-0.1, -0.05) is 17.7 Å². The van der Waals surface area contributed by atoms with Gasteiger partial charge in [0.25, 0.3) is 5.56 Å². The predicted molar refractivity (Wildman–Crippen MR) is 75.9 cm³/mol. The molecule has 1 aromatic heterocycles. The number of anilines is 1. The van der Waals surface area contributed by atoms with Crippen LogP contribution in [-0.4, -0.2) is 15.5 Å². The summed E-state index contributed by atoms with van der Waals surface area (Å²) in [6, 6.07) is 7.33. The van der Waals surface area contributed by atoms with Crippen molar-refractivity contribution in [3.8, 4) is 0 Å². The van der Waals surface area contributed by atoms with E-state index in [2.05, 4.69) is 10.3 Å². The van der Waals surface area contributed by atoms with E-state index >= 15 is 0 Å². The van der Waals surface area contributed by atoms with E-state index < -0.39 is 11.2 Å². The monoisotopic (exact) mass is 273 g/mol. The van der Waals surface area contributed by atoms with Crippen molar-refractivity contribution in [3.05, 3.63) is 62.4 Å². The highest BCUT2D eigenvalue weighted by molar-refractivity contribution is 5.90. The zero-order valence-electron chi connectivity index (χ0n) is 11.3. The first-order chi connectivity index (χ1) is 9.45. The van der Waals surface area contributed by atoms with Gasteiger partial charge in [0.05, 0.1) is 0 Å². The number of rotatable bonds is 3. The topological polar surface area (TPSA) is 84.0 Å². The number of nitrogens with zero attached hydrogens (tertiary/aromatic N) is 1. The van der Waals surface area contributed by atoms with Crippen LogP contribution < -0.4 is 16.6 Å². The van der Waals surface area contributed by atoms with Crippen molar-refractivity contribution in [2.75, 3.05) is 5.32 Å². The number of hydrogen-bond acceptors (Lipinski definition) is 3. The molecular formula is C14H15N3O3. The summed E-state index contributed by atoms with van der Waals surface area (Å²) in [6.45, 7) is 3.38. The van der Waals surface area contributed by atoms with Crippen LogP contribution in [0.4, 0.5) is 5.69 Å². The molecule has 2 N–H and O–H groups in total. The summed E-state index contributed by atoms with van der Waals surface area (Å²) in [7, 11) is 0. The molecule has 6 nitrogen and oxygen atoms in total. The molecule has 0 aliphatic carbocycles. The molecule has 0 saturated carbocycles.